The fraction of sp³-hybridized carbons (Fsp3) is 0.294. The van der Waals surface area contributed by atoms with Gasteiger partial charge in [-0.05, 0) is 28.7 Å². The molecule has 4 rings (SSSR count). The van der Waals surface area contributed by atoms with Crippen LogP contribution in [-0.2, 0) is 6.54 Å². The molecular formula is C17H17ClN6O2. The van der Waals surface area contributed by atoms with Gasteiger partial charge in [0.05, 0.1) is 0 Å². The van der Waals surface area contributed by atoms with Crippen LogP contribution < -0.4 is 4.90 Å². The van der Waals surface area contributed by atoms with Crippen LogP contribution >= 0.6 is 11.6 Å². The minimum Gasteiger partial charge on any atom is -0.358 e. The van der Waals surface area contributed by atoms with E-state index < -0.39 is 4.92 Å². The van der Waals surface area contributed by atoms with Crippen LogP contribution in [0.1, 0.15) is 5.56 Å². The summed E-state index contributed by atoms with van der Waals surface area (Å²) in [5.41, 5.74) is 1.67. The molecule has 26 heavy (non-hydrogen) atoms. The van der Waals surface area contributed by atoms with Crippen molar-refractivity contribution >= 4 is 28.9 Å². The highest BCUT2D eigenvalue weighted by atomic mass is 35.5. The molecule has 9 heteroatoms. The molecule has 0 unspecified atom stereocenters. The third-order valence-electron chi connectivity index (χ3n) is 4.51. The van der Waals surface area contributed by atoms with Gasteiger partial charge in [-0.15, -0.1) is 0 Å². The first-order valence-electron chi connectivity index (χ1n) is 8.31. The van der Waals surface area contributed by atoms with Crippen molar-refractivity contribution in [3.63, 3.8) is 0 Å². The average Bonchev–Trinajstić information content (AvgIpc) is 3.06. The molecule has 2 aromatic heterocycles. The molecule has 1 aliphatic rings. The fourth-order valence-corrected chi connectivity index (χ4v) is 3.39. The minimum atomic E-state index is -0.473. The number of piperazine rings is 1. The van der Waals surface area contributed by atoms with Gasteiger partial charge in [0.2, 0.25) is 5.65 Å². The Kier molecular flexibility index (Phi) is 4.44. The molecule has 0 amide bonds. The molecule has 0 aliphatic carbocycles. The molecule has 3 aromatic rings. The van der Waals surface area contributed by atoms with Gasteiger partial charge >= 0.3 is 5.82 Å². The lowest BCUT2D eigenvalue weighted by Gasteiger charge is -2.34. The smallest absolute Gasteiger partial charge is 0.358 e. The third-order valence-corrected chi connectivity index (χ3v) is 4.74. The number of rotatable bonds is 4. The van der Waals surface area contributed by atoms with Crippen LogP contribution in [0.15, 0.2) is 42.6 Å². The van der Waals surface area contributed by atoms with Gasteiger partial charge in [-0.1, -0.05) is 33.3 Å². The maximum Gasteiger partial charge on any atom is 0.368 e. The van der Waals surface area contributed by atoms with E-state index in [1.165, 1.54) is 16.3 Å². The van der Waals surface area contributed by atoms with Gasteiger partial charge in [0.1, 0.15) is 6.20 Å². The van der Waals surface area contributed by atoms with Gasteiger partial charge in [0.15, 0.2) is 5.82 Å². The molecule has 134 valence electrons. The first-order valence-corrected chi connectivity index (χ1v) is 8.69. The molecule has 0 atom stereocenters. The summed E-state index contributed by atoms with van der Waals surface area (Å²) in [5, 5.41) is 16.2. The summed E-state index contributed by atoms with van der Waals surface area (Å²) in [4.78, 5) is 19.1. The molecular weight excluding hydrogens is 356 g/mol. The largest absolute Gasteiger partial charge is 0.368 e. The number of nitrogens with zero attached hydrogens (tertiary/aromatic N) is 6. The highest BCUT2D eigenvalue weighted by molar-refractivity contribution is 6.30. The van der Waals surface area contributed by atoms with Crippen molar-refractivity contribution in [1.82, 2.24) is 19.5 Å². The van der Waals surface area contributed by atoms with Crippen LogP contribution in [0.2, 0.25) is 5.02 Å². The Morgan fingerprint density at radius 3 is 2.69 bits per heavy atom. The lowest BCUT2D eigenvalue weighted by molar-refractivity contribution is -0.391. The van der Waals surface area contributed by atoms with Crippen LogP contribution in [0, 0.1) is 10.1 Å². The highest BCUT2D eigenvalue weighted by Gasteiger charge is 2.22. The molecule has 0 bridgehead atoms. The zero-order valence-electron chi connectivity index (χ0n) is 14.0. The number of halogens is 1. The molecule has 8 nitrogen and oxygen atoms in total. The van der Waals surface area contributed by atoms with Crippen molar-refractivity contribution in [2.75, 3.05) is 31.1 Å². The van der Waals surface area contributed by atoms with Gasteiger partial charge in [-0.2, -0.15) is 0 Å². The quantitative estimate of drug-likeness (QED) is 0.517. The number of hydrogen-bond donors (Lipinski definition) is 0. The number of nitro groups is 1. The first kappa shape index (κ1) is 16.7. The maximum absolute atomic E-state index is 11.1. The van der Waals surface area contributed by atoms with Gasteiger partial charge in [-0.3, -0.25) is 4.90 Å². The van der Waals surface area contributed by atoms with Crippen molar-refractivity contribution in [2.24, 2.45) is 0 Å². The monoisotopic (exact) mass is 372 g/mol. The molecule has 0 saturated carbocycles. The summed E-state index contributed by atoms with van der Waals surface area (Å²) < 4.78 is 1.29. The second kappa shape index (κ2) is 6.89. The van der Waals surface area contributed by atoms with E-state index in [1.807, 2.05) is 24.3 Å². The minimum absolute atomic E-state index is 0.124. The normalized spacial score (nSPS) is 15.5. The van der Waals surface area contributed by atoms with E-state index >= 15 is 0 Å². The number of fused-ring (bicyclic) bond motifs is 1. The highest BCUT2D eigenvalue weighted by Crippen LogP contribution is 2.19. The SMILES string of the molecule is O=[N+]([O-])c1cnc2ccc(N3CCN(Cc4cccc(Cl)c4)CC3)nn12. The summed E-state index contributed by atoms with van der Waals surface area (Å²) >= 11 is 6.05. The fourth-order valence-electron chi connectivity index (χ4n) is 3.17. The zero-order valence-corrected chi connectivity index (χ0v) is 14.7. The lowest BCUT2D eigenvalue weighted by atomic mass is 10.2. The topological polar surface area (TPSA) is 79.8 Å². The predicted octanol–water partition coefficient (Wildman–Crippen LogP) is 2.61. The number of imidazole rings is 1. The standard InChI is InChI=1S/C17H17ClN6O2/c18-14-3-1-2-13(10-14)12-21-6-8-22(9-7-21)16-5-4-15-19-11-17(24(25)26)23(15)20-16/h1-5,10-11H,6-9,12H2. The molecule has 0 N–H and O–H groups in total. The Hall–Kier alpha value is -2.71. The number of hydrogen-bond acceptors (Lipinski definition) is 6. The van der Waals surface area contributed by atoms with Crippen molar-refractivity contribution in [2.45, 2.75) is 6.54 Å². The summed E-state index contributed by atoms with van der Waals surface area (Å²) in [5.74, 6) is 0.599. The van der Waals surface area contributed by atoms with Crippen molar-refractivity contribution in [1.29, 1.82) is 0 Å². The van der Waals surface area contributed by atoms with Crippen molar-refractivity contribution < 1.29 is 4.92 Å². The van der Waals surface area contributed by atoms with Crippen LogP contribution in [-0.4, -0.2) is 50.6 Å². The Labute approximate surface area is 154 Å². The van der Waals surface area contributed by atoms with E-state index in [1.54, 1.807) is 6.07 Å². The predicted molar refractivity (Wildman–Crippen MR) is 98.6 cm³/mol. The summed E-state index contributed by atoms with van der Waals surface area (Å²) in [6.45, 7) is 4.24. The van der Waals surface area contributed by atoms with Crippen LogP contribution in [0.3, 0.4) is 0 Å². The Morgan fingerprint density at radius 1 is 1.15 bits per heavy atom. The molecule has 1 saturated heterocycles. The zero-order chi connectivity index (χ0) is 18.1. The second-order valence-electron chi connectivity index (χ2n) is 6.23. The molecule has 3 heterocycles. The third kappa shape index (κ3) is 3.33. The van der Waals surface area contributed by atoms with E-state index in [2.05, 4.69) is 25.9 Å². The van der Waals surface area contributed by atoms with Crippen molar-refractivity contribution in [3.8, 4) is 0 Å². The summed E-state index contributed by atoms with van der Waals surface area (Å²) in [7, 11) is 0. The number of aromatic nitrogens is 3. The first-order chi connectivity index (χ1) is 12.6. The van der Waals surface area contributed by atoms with Gasteiger partial charge in [0, 0.05) is 43.8 Å². The van der Waals surface area contributed by atoms with Crippen molar-refractivity contribution in [3.05, 3.63) is 63.3 Å². The van der Waals surface area contributed by atoms with Gasteiger partial charge in [-0.25, -0.2) is 4.98 Å². The molecule has 1 aromatic carbocycles. The molecule has 0 radical (unpaired) electrons. The van der Waals surface area contributed by atoms with Crippen LogP contribution in [0.25, 0.3) is 5.65 Å². The number of anilines is 1. The maximum atomic E-state index is 11.1. The molecule has 0 spiro atoms. The van der Waals surface area contributed by atoms with E-state index in [-0.39, 0.29) is 5.82 Å². The Morgan fingerprint density at radius 2 is 1.96 bits per heavy atom. The molecule has 1 aliphatic heterocycles. The lowest BCUT2D eigenvalue weighted by Crippen LogP contribution is -2.46. The van der Waals surface area contributed by atoms with Crippen LogP contribution in [0.5, 0.6) is 0 Å². The van der Waals surface area contributed by atoms with Gasteiger partial charge in [0.25, 0.3) is 0 Å². The van der Waals surface area contributed by atoms with E-state index in [4.69, 9.17) is 11.6 Å². The van der Waals surface area contributed by atoms with E-state index in [9.17, 15) is 10.1 Å². The second-order valence-corrected chi connectivity index (χ2v) is 6.66. The summed E-state index contributed by atoms with van der Waals surface area (Å²) in [6, 6.07) is 11.5. The number of benzene rings is 1. The average molecular weight is 373 g/mol. The Balaban J connectivity index is 1.45. The Bertz CT molecular complexity index is 951. The molecule has 1 fully saturated rings. The van der Waals surface area contributed by atoms with E-state index in [0.29, 0.717) is 5.65 Å². The van der Waals surface area contributed by atoms with E-state index in [0.717, 1.165) is 43.6 Å². The summed E-state index contributed by atoms with van der Waals surface area (Å²) in [6.07, 6.45) is 1.23. The van der Waals surface area contributed by atoms with Gasteiger partial charge < -0.3 is 15.0 Å². The van der Waals surface area contributed by atoms with Crippen LogP contribution in [0.4, 0.5) is 11.6 Å².